The SMILES string of the molecule is CCC1CCC(C2CC2)N(C)C1. The van der Waals surface area contributed by atoms with Gasteiger partial charge in [-0.15, -0.1) is 0 Å². The van der Waals surface area contributed by atoms with Crippen LogP contribution in [0.3, 0.4) is 0 Å². The molecule has 0 radical (unpaired) electrons. The normalized spacial score (nSPS) is 38.5. The van der Waals surface area contributed by atoms with Crippen molar-refractivity contribution in [1.29, 1.82) is 0 Å². The van der Waals surface area contributed by atoms with E-state index in [1.807, 2.05) is 0 Å². The molecule has 1 aliphatic heterocycles. The fourth-order valence-electron chi connectivity index (χ4n) is 2.67. The Labute approximate surface area is 76.1 Å². The molecular weight excluding hydrogens is 146 g/mol. The summed E-state index contributed by atoms with van der Waals surface area (Å²) in [4.78, 5) is 2.62. The van der Waals surface area contributed by atoms with E-state index in [0.29, 0.717) is 0 Å². The van der Waals surface area contributed by atoms with E-state index in [9.17, 15) is 0 Å². The molecule has 0 aromatic heterocycles. The molecule has 12 heavy (non-hydrogen) atoms. The number of rotatable bonds is 2. The van der Waals surface area contributed by atoms with Crippen LogP contribution < -0.4 is 0 Å². The molecule has 1 heteroatoms. The molecule has 2 fully saturated rings. The summed E-state index contributed by atoms with van der Waals surface area (Å²) in [5, 5.41) is 0. The zero-order valence-electron chi connectivity index (χ0n) is 8.42. The highest BCUT2D eigenvalue weighted by Crippen LogP contribution is 2.40. The molecule has 0 aromatic carbocycles. The van der Waals surface area contributed by atoms with Crippen molar-refractivity contribution >= 4 is 0 Å². The molecule has 70 valence electrons. The van der Waals surface area contributed by atoms with Gasteiger partial charge in [-0.1, -0.05) is 13.3 Å². The number of hydrogen-bond acceptors (Lipinski definition) is 1. The molecule has 0 amide bonds. The summed E-state index contributed by atoms with van der Waals surface area (Å²) in [6.45, 7) is 3.69. The van der Waals surface area contributed by atoms with Crippen LogP contribution in [0.25, 0.3) is 0 Å². The molecular formula is C11H21N. The smallest absolute Gasteiger partial charge is 0.0121 e. The summed E-state index contributed by atoms with van der Waals surface area (Å²) >= 11 is 0. The van der Waals surface area contributed by atoms with E-state index < -0.39 is 0 Å². The minimum atomic E-state index is 0.952. The molecule has 2 atom stereocenters. The van der Waals surface area contributed by atoms with Gasteiger partial charge in [-0.3, -0.25) is 0 Å². The van der Waals surface area contributed by atoms with Gasteiger partial charge in [0.05, 0.1) is 0 Å². The zero-order valence-corrected chi connectivity index (χ0v) is 8.42. The molecule has 1 heterocycles. The van der Waals surface area contributed by atoms with E-state index >= 15 is 0 Å². The Bertz CT molecular complexity index is 151. The van der Waals surface area contributed by atoms with Gasteiger partial charge < -0.3 is 4.90 Å². The Hall–Kier alpha value is -0.0400. The maximum absolute atomic E-state index is 2.62. The molecule has 0 N–H and O–H groups in total. The van der Waals surface area contributed by atoms with Gasteiger partial charge in [-0.05, 0) is 44.6 Å². The maximum atomic E-state index is 2.62. The van der Waals surface area contributed by atoms with Crippen molar-refractivity contribution < 1.29 is 0 Å². The van der Waals surface area contributed by atoms with Crippen LogP contribution in [0.4, 0.5) is 0 Å². The van der Waals surface area contributed by atoms with Crippen LogP contribution in [-0.2, 0) is 0 Å². The van der Waals surface area contributed by atoms with Crippen molar-refractivity contribution in [3.8, 4) is 0 Å². The molecule has 2 aliphatic rings. The van der Waals surface area contributed by atoms with Gasteiger partial charge >= 0.3 is 0 Å². The van der Waals surface area contributed by atoms with Crippen LogP contribution in [0.5, 0.6) is 0 Å². The largest absolute Gasteiger partial charge is 0.303 e. The minimum Gasteiger partial charge on any atom is -0.303 e. The first-order valence-electron chi connectivity index (χ1n) is 5.51. The van der Waals surface area contributed by atoms with Gasteiger partial charge in [0, 0.05) is 12.6 Å². The third-order valence-electron chi connectivity index (χ3n) is 3.73. The first-order chi connectivity index (χ1) is 5.81. The van der Waals surface area contributed by atoms with Crippen molar-refractivity contribution in [1.82, 2.24) is 4.90 Å². The fraction of sp³-hybridized carbons (Fsp3) is 1.00. The molecule has 1 saturated carbocycles. The predicted octanol–water partition coefficient (Wildman–Crippen LogP) is 2.52. The van der Waals surface area contributed by atoms with Gasteiger partial charge in [0.15, 0.2) is 0 Å². The molecule has 0 bridgehead atoms. The van der Waals surface area contributed by atoms with E-state index in [-0.39, 0.29) is 0 Å². The lowest BCUT2D eigenvalue weighted by molar-refractivity contribution is 0.120. The Morgan fingerprint density at radius 2 is 1.92 bits per heavy atom. The lowest BCUT2D eigenvalue weighted by atomic mass is 9.89. The molecule has 1 nitrogen and oxygen atoms in total. The fourth-order valence-corrected chi connectivity index (χ4v) is 2.67. The molecule has 2 rings (SSSR count). The summed E-state index contributed by atoms with van der Waals surface area (Å²) in [5.74, 6) is 2.07. The molecule has 1 saturated heterocycles. The minimum absolute atomic E-state index is 0.952. The summed E-state index contributed by atoms with van der Waals surface area (Å²) in [7, 11) is 2.32. The van der Waals surface area contributed by atoms with Crippen molar-refractivity contribution in [2.45, 2.75) is 45.1 Å². The Morgan fingerprint density at radius 3 is 2.42 bits per heavy atom. The topological polar surface area (TPSA) is 3.24 Å². The number of likely N-dealkylation sites (tertiary alicyclic amines) is 1. The van der Waals surface area contributed by atoms with E-state index in [0.717, 1.165) is 17.9 Å². The Morgan fingerprint density at radius 1 is 1.17 bits per heavy atom. The van der Waals surface area contributed by atoms with Crippen LogP contribution in [0.2, 0.25) is 0 Å². The van der Waals surface area contributed by atoms with Crippen molar-refractivity contribution in [3.63, 3.8) is 0 Å². The van der Waals surface area contributed by atoms with Gasteiger partial charge in [0.2, 0.25) is 0 Å². The van der Waals surface area contributed by atoms with Crippen LogP contribution >= 0.6 is 0 Å². The van der Waals surface area contributed by atoms with E-state index in [2.05, 4.69) is 18.9 Å². The summed E-state index contributed by atoms with van der Waals surface area (Å²) in [6, 6.07) is 0.952. The third-order valence-corrected chi connectivity index (χ3v) is 3.73. The average molecular weight is 167 g/mol. The van der Waals surface area contributed by atoms with Crippen molar-refractivity contribution in [2.24, 2.45) is 11.8 Å². The van der Waals surface area contributed by atoms with Crippen LogP contribution in [0, 0.1) is 11.8 Å². The second-order valence-corrected chi connectivity index (χ2v) is 4.70. The standard InChI is InChI=1S/C11H21N/c1-3-9-4-7-11(10-5-6-10)12(2)8-9/h9-11H,3-8H2,1-2H3. The molecule has 2 unspecified atom stereocenters. The van der Waals surface area contributed by atoms with Gasteiger partial charge in [0.25, 0.3) is 0 Å². The quantitative estimate of drug-likeness (QED) is 0.611. The first kappa shape index (κ1) is 8.55. The van der Waals surface area contributed by atoms with Crippen LogP contribution in [-0.4, -0.2) is 24.5 Å². The number of piperidine rings is 1. The van der Waals surface area contributed by atoms with E-state index in [1.54, 1.807) is 0 Å². The highest BCUT2D eigenvalue weighted by Gasteiger charge is 2.36. The Balaban J connectivity index is 1.86. The van der Waals surface area contributed by atoms with Crippen molar-refractivity contribution in [2.75, 3.05) is 13.6 Å². The highest BCUT2D eigenvalue weighted by molar-refractivity contribution is 4.90. The first-order valence-corrected chi connectivity index (χ1v) is 5.51. The van der Waals surface area contributed by atoms with E-state index in [1.165, 1.54) is 38.6 Å². The summed E-state index contributed by atoms with van der Waals surface area (Å²) in [6.07, 6.45) is 7.35. The van der Waals surface area contributed by atoms with Crippen LogP contribution in [0.15, 0.2) is 0 Å². The van der Waals surface area contributed by atoms with Gasteiger partial charge in [-0.25, -0.2) is 0 Å². The second kappa shape index (κ2) is 3.37. The maximum Gasteiger partial charge on any atom is 0.0121 e. The lowest BCUT2D eigenvalue weighted by Gasteiger charge is -2.37. The lowest BCUT2D eigenvalue weighted by Crippen LogP contribution is -2.41. The number of nitrogens with zero attached hydrogens (tertiary/aromatic N) is 1. The highest BCUT2D eigenvalue weighted by atomic mass is 15.1. The second-order valence-electron chi connectivity index (χ2n) is 4.70. The summed E-state index contributed by atoms with van der Waals surface area (Å²) in [5.41, 5.74) is 0. The predicted molar refractivity (Wildman–Crippen MR) is 52.2 cm³/mol. The summed E-state index contributed by atoms with van der Waals surface area (Å²) < 4.78 is 0. The van der Waals surface area contributed by atoms with Crippen molar-refractivity contribution in [3.05, 3.63) is 0 Å². The van der Waals surface area contributed by atoms with E-state index in [4.69, 9.17) is 0 Å². The number of hydrogen-bond donors (Lipinski definition) is 0. The zero-order chi connectivity index (χ0) is 8.55. The monoisotopic (exact) mass is 167 g/mol. The van der Waals surface area contributed by atoms with Crippen LogP contribution in [0.1, 0.15) is 39.0 Å². The molecule has 0 spiro atoms. The van der Waals surface area contributed by atoms with Gasteiger partial charge in [-0.2, -0.15) is 0 Å². The van der Waals surface area contributed by atoms with Gasteiger partial charge in [0.1, 0.15) is 0 Å². The Kier molecular flexibility index (Phi) is 2.40. The molecule has 1 aliphatic carbocycles. The molecule has 0 aromatic rings. The average Bonchev–Trinajstić information content (AvgIpc) is 2.87. The third kappa shape index (κ3) is 1.66.